The molecule has 0 atom stereocenters. The molecule has 0 saturated carbocycles. The lowest BCUT2D eigenvalue weighted by Crippen LogP contribution is -2.18. The minimum atomic E-state index is 0.444. The fraction of sp³-hybridized carbons (Fsp3) is 0.158. The van der Waals surface area contributed by atoms with Crippen molar-refractivity contribution in [2.45, 2.75) is 6.54 Å². The summed E-state index contributed by atoms with van der Waals surface area (Å²) in [5, 5.41) is 11.7. The molecule has 6 nitrogen and oxygen atoms in total. The highest BCUT2D eigenvalue weighted by atomic mass is 35.5. The molecule has 0 unspecified atom stereocenters. The number of hydrogen-bond donors (Lipinski definition) is 2. The minimum absolute atomic E-state index is 0.444. The molecular formula is C19H19ClN4O2S. The van der Waals surface area contributed by atoms with E-state index >= 15 is 0 Å². The third-order valence-electron chi connectivity index (χ3n) is 3.82. The summed E-state index contributed by atoms with van der Waals surface area (Å²) in [6.45, 7) is 0.581. The first-order chi connectivity index (χ1) is 13.1. The van der Waals surface area contributed by atoms with E-state index in [2.05, 4.69) is 15.7 Å². The molecule has 2 N–H and O–H groups in total. The second kappa shape index (κ2) is 8.75. The number of rotatable bonds is 6. The maximum Gasteiger partial charge on any atom is 0.175 e. The monoisotopic (exact) mass is 402 g/mol. The summed E-state index contributed by atoms with van der Waals surface area (Å²) >= 11 is 11.6. The Labute approximate surface area is 168 Å². The van der Waals surface area contributed by atoms with Gasteiger partial charge in [0.2, 0.25) is 0 Å². The first-order valence-corrected chi connectivity index (χ1v) is 8.93. The van der Waals surface area contributed by atoms with Gasteiger partial charge in [-0.1, -0.05) is 29.8 Å². The average molecular weight is 403 g/mol. The van der Waals surface area contributed by atoms with Crippen molar-refractivity contribution < 1.29 is 9.47 Å². The molecule has 0 amide bonds. The van der Waals surface area contributed by atoms with Gasteiger partial charge in [-0.05, 0) is 36.0 Å². The number of methoxy groups -OCH3 is 2. The van der Waals surface area contributed by atoms with E-state index in [1.807, 2.05) is 48.7 Å². The number of benzene rings is 2. The van der Waals surface area contributed by atoms with Gasteiger partial charge in [-0.25, -0.2) is 0 Å². The van der Waals surface area contributed by atoms with Crippen molar-refractivity contribution in [1.82, 2.24) is 9.78 Å². The molecule has 0 aliphatic heterocycles. The van der Waals surface area contributed by atoms with Crippen LogP contribution in [0.15, 0.2) is 54.9 Å². The minimum Gasteiger partial charge on any atom is -0.493 e. The summed E-state index contributed by atoms with van der Waals surface area (Å²) in [4.78, 5) is 0. The van der Waals surface area contributed by atoms with E-state index in [9.17, 15) is 0 Å². The lowest BCUT2D eigenvalue weighted by Gasteiger charge is -2.12. The van der Waals surface area contributed by atoms with Crippen molar-refractivity contribution >= 4 is 40.3 Å². The van der Waals surface area contributed by atoms with Gasteiger partial charge in [0.1, 0.15) is 0 Å². The van der Waals surface area contributed by atoms with Crippen LogP contribution in [0.5, 0.6) is 11.5 Å². The van der Waals surface area contributed by atoms with Gasteiger partial charge in [-0.15, -0.1) is 0 Å². The zero-order valence-corrected chi connectivity index (χ0v) is 16.5. The summed E-state index contributed by atoms with van der Waals surface area (Å²) in [5.41, 5.74) is 2.56. The van der Waals surface area contributed by atoms with Crippen molar-refractivity contribution in [3.05, 3.63) is 65.4 Å². The van der Waals surface area contributed by atoms with Crippen molar-refractivity contribution in [1.29, 1.82) is 0 Å². The summed E-state index contributed by atoms with van der Waals surface area (Å²) < 4.78 is 12.3. The van der Waals surface area contributed by atoms with Crippen LogP contribution in [0, 0.1) is 0 Å². The molecule has 2 aromatic carbocycles. The lowest BCUT2D eigenvalue weighted by atomic mass is 10.2. The maximum atomic E-state index is 6.20. The highest BCUT2D eigenvalue weighted by Gasteiger charge is 2.07. The predicted molar refractivity (Wildman–Crippen MR) is 112 cm³/mol. The van der Waals surface area contributed by atoms with Crippen LogP contribution in [0.1, 0.15) is 5.56 Å². The Morgan fingerprint density at radius 1 is 1.07 bits per heavy atom. The predicted octanol–water partition coefficient (Wildman–Crippen LogP) is 4.41. The molecule has 0 aliphatic rings. The molecule has 27 heavy (non-hydrogen) atoms. The van der Waals surface area contributed by atoms with E-state index < -0.39 is 0 Å². The van der Waals surface area contributed by atoms with Gasteiger partial charge in [0.05, 0.1) is 32.6 Å². The molecule has 3 aromatic rings. The SMILES string of the molecule is COc1ccc(NC(=S)Nc2cnn(Cc3ccccc3Cl)c2)cc1OC. The Bertz CT molecular complexity index is 945. The second-order valence-corrected chi connectivity index (χ2v) is 6.48. The molecular weight excluding hydrogens is 384 g/mol. The molecule has 0 aliphatic carbocycles. The Kier molecular flexibility index (Phi) is 6.16. The molecule has 0 radical (unpaired) electrons. The summed E-state index contributed by atoms with van der Waals surface area (Å²) in [6, 6.07) is 13.2. The van der Waals surface area contributed by atoms with Crippen molar-refractivity contribution in [3.8, 4) is 11.5 Å². The normalized spacial score (nSPS) is 10.3. The van der Waals surface area contributed by atoms with E-state index in [4.69, 9.17) is 33.3 Å². The number of nitrogens with one attached hydrogen (secondary N) is 2. The zero-order valence-electron chi connectivity index (χ0n) is 14.9. The van der Waals surface area contributed by atoms with Crippen molar-refractivity contribution in [2.75, 3.05) is 24.9 Å². The second-order valence-electron chi connectivity index (χ2n) is 5.67. The highest BCUT2D eigenvalue weighted by Crippen LogP contribution is 2.29. The summed E-state index contributed by atoms with van der Waals surface area (Å²) in [7, 11) is 3.18. The summed E-state index contributed by atoms with van der Waals surface area (Å²) in [5.74, 6) is 1.28. The number of nitrogens with zero attached hydrogens (tertiary/aromatic N) is 2. The molecule has 0 saturated heterocycles. The molecule has 3 rings (SSSR count). The van der Waals surface area contributed by atoms with Crippen LogP contribution in [0.25, 0.3) is 0 Å². The van der Waals surface area contributed by atoms with Gasteiger partial charge < -0.3 is 20.1 Å². The van der Waals surface area contributed by atoms with Gasteiger partial charge >= 0.3 is 0 Å². The molecule has 0 fully saturated rings. The fourth-order valence-corrected chi connectivity index (χ4v) is 2.95. The van der Waals surface area contributed by atoms with E-state index in [1.165, 1.54) is 0 Å². The van der Waals surface area contributed by atoms with Crippen LogP contribution in [0.4, 0.5) is 11.4 Å². The third-order valence-corrected chi connectivity index (χ3v) is 4.40. The quantitative estimate of drug-likeness (QED) is 0.595. The fourth-order valence-electron chi connectivity index (χ4n) is 2.52. The molecule has 1 heterocycles. The first kappa shape index (κ1) is 19.0. The van der Waals surface area contributed by atoms with Crippen LogP contribution in [0.2, 0.25) is 5.02 Å². The standard InChI is InChI=1S/C19H19ClN4O2S/c1-25-17-8-7-14(9-18(17)26-2)22-19(27)23-15-10-21-24(12-15)11-13-5-3-4-6-16(13)20/h3-10,12H,11H2,1-2H3,(H2,22,23,27). The zero-order chi connectivity index (χ0) is 19.2. The first-order valence-electron chi connectivity index (χ1n) is 8.15. The molecule has 140 valence electrons. The van der Waals surface area contributed by atoms with Crippen LogP contribution < -0.4 is 20.1 Å². The van der Waals surface area contributed by atoms with Crippen LogP contribution in [0.3, 0.4) is 0 Å². The van der Waals surface area contributed by atoms with Gasteiger partial charge in [0.25, 0.3) is 0 Å². The van der Waals surface area contributed by atoms with Crippen LogP contribution in [-0.4, -0.2) is 29.1 Å². The number of ether oxygens (including phenoxy) is 2. The Morgan fingerprint density at radius 3 is 2.56 bits per heavy atom. The van der Waals surface area contributed by atoms with Gasteiger partial charge in [-0.3, -0.25) is 4.68 Å². The molecule has 0 spiro atoms. The van der Waals surface area contributed by atoms with Gasteiger partial charge in [0.15, 0.2) is 16.6 Å². The van der Waals surface area contributed by atoms with E-state index in [-0.39, 0.29) is 0 Å². The van der Waals surface area contributed by atoms with E-state index in [1.54, 1.807) is 25.1 Å². The number of aromatic nitrogens is 2. The Morgan fingerprint density at radius 2 is 1.81 bits per heavy atom. The van der Waals surface area contributed by atoms with Crippen LogP contribution >= 0.6 is 23.8 Å². The topological polar surface area (TPSA) is 60.3 Å². The number of anilines is 2. The maximum absolute atomic E-state index is 6.20. The number of hydrogen-bond acceptors (Lipinski definition) is 4. The molecule has 0 bridgehead atoms. The van der Waals surface area contributed by atoms with E-state index in [0.717, 1.165) is 16.9 Å². The molecule has 1 aromatic heterocycles. The van der Waals surface area contributed by atoms with Gasteiger partial charge in [0, 0.05) is 23.0 Å². The van der Waals surface area contributed by atoms with Gasteiger partial charge in [-0.2, -0.15) is 5.10 Å². The number of thiocarbonyl (C=S) groups is 1. The smallest absolute Gasteiger partial charge is 0.175 e. The number of halogens is 1. The highest BCUT2D eigenvalue weighted by molar-refractivity contribution is 7.80. The van der Waals surface area contributed by atoms with Crippen LogP contribution in [-0.2, 0) is 6.54 Å². The van der Waals surface area contributed by atoms with E-state index in [0.29, 0.717) is 28.2 Å². The third kappa shape index (κ3) is 4.90. The summed E-state index contributed by atoms with van der Waals surface area (Å²) in [6.07, 6.45) is 3.57. The average Bonchev–Trinajstić information content (AvgIpc) is 3.10. The van der Waals surface area contributed by atoms with Crippen molar-refractivity contribution in [3.63, 3.8) is 0 Å². The van der Waals surface area contributed by atoms with Crippen molar-refractivity contribution in [2.24, 2.45) is 0 Å². The largest absolute Gasteiger partial charge is 0.493 e. The lowest BCUT2D eigenvalue weighted by molar-refractivity contribution is 0.355. The Balaban J connectivity index is 1.62. The Hall–Kier alpha value is -2.77. The molecule has 8 heteroatoms.